The number of aliphatic hydroxyl groups excluding tert-OH is 1. The van der Waals surface area contributed by atoms with E-state index in [0.717, 1.165) is 6.54 Å². The highest BCUT2D eigenvalue weighted by molar-refractivity contribution is 5.76. The van der Waals surface area contributed by atoms with Crippen LogP contribution in [0.1, 0.15) is 46.5 Å². The van der Waals surface area contributed by atoms with Crippen molar-refractivity contribution in [1.29, 1.82) is 0 Å². The number of carbonyl (C=O) groups is 1. The number of carbonyl (C=O) groups excluding carboxylic acids is 1. The molecule has 0 aromatic heterocycles. The number of hydrogen-bond donors (Lipinski definition) is 3. The maximum absolute atomic E-state index is 11.5. The maximum Gasteiger partial charge on any atom is 0.221 e. The minimum Gasteiger partial charge on any atom is -0.391 e. The number of nitrogens with one attached hydrogen (secondary N) is 2. The zero-order valence-corrected chi connectivity index (χ0v) is 11.3. The molecule has 1 aliphatic rings. The fourth-order valence-corrected chi connectivity index (χ4v) is 1.78. The SMILES string of the molecule is CC(C)(C)CC(O)CNC(=O)CCNC1CC1. The van der Waals surface area contributed by atoms with E-state index < -0.39 is 6.10 Å². The molecule has 1 rings (SSSR count). The first kappa shape index (κ1) is 14.5. The molecule has 0 saturated heterocycles. The fraction of sp³-hybridized carbons (Fsp3) is 0.923. The van der Waals surface area contributed by atoms with Crippen molar-refractivity contribution in [2.45, 2.75) is 58.6 Å². The largest absolute Gasteiger partial charge is 0.391 e. The van der Waals surface area contributed by atoms with Crippen LogP contribution in [-0.4, -0.2) is 36.2 Å². The first-order valence-corrected chi connectivity index (χ1v) is 6.55. The van der Waals surface area contributed by atoms with Crippen LogP contribution in [0.15, 0.2) is 0 Å². The second-order valence-electron chi connectivity index (χ2n) is 6.20. The summed E-state index contributed by atoms with van der Waals surface area (Å²) in [5, 5.41) is 15.8. The lowest BCUT2D eigenvalue weighted by atomic mass is 9.89. The normalized spacial score (nSPS) is 17.9. The van der Waals surface area contributed by atoms with E-state index in [9.17, 15) is 9.90 Å². The van der Waals surface area contributed by atoms with Crippen LogP contribution in [0.4, 0.5) is 0 Å². The van der Waals surface area contributed by atoms with Gasteiger partial charge < -0.3 is 15.7 Å². The van der Waals surface area contributed by atoms with Crippen molar-refractivity contribution in [3.8, 4) is 0 Å². The minimum absolute atomic E-state index is 0.0195. The highest BCUT2D eigenvalue weighted by Crippen LogP contribution is 2.20. The van der Waals surface area contributed by atoms with E-state index in [1.807, 2.05) is 0 Å². The lowest BCUT2D eigenvalue weighted by Gasteiger charge is -2.22. The van der Waals surface area contributed by atoms with Crippen molar-refractivity contribution in [3.05, 3.63) is 0 Å². The standard InChI is InChI=1S/C13H26N2O2/c1-13(2,3)8-11(16)9-15-12(17)6-7-14-10-4-5-10/h10-11,14,16H,4-9H2,1-3H3,(H,15,17). The molecule has 17 heavy (non-hydrogen) atoms. The molecule has 1 amide bonds. The van der Waals surface area contributed by atoms with Crippen molar-refractivity contribution in [2.75, 3.05) is 13.1 Å². The van der Waals surface area contributed by atoms with E-state index in [-0.39, 0.29) is 11.3 Å². The molecule has 4 heteroatoms. The lowest BCUT2D eigenvalue weighted by Crippen LogP contribution is -2.35. The number of rotatable bonds is 7. The van der Waals surface area contributed by atoms with Crippen LogP contribution in [-0.2, 0) is 4.79 Å². The van der Waals surface area contributed by atoms with E-state index in [0.29, 0.717) is 25.4 Å². The molecule has 1 unspecified atom stereocenters. The fourth-order valence-electron chi connectivity index (χ4n) is 1.78. The molecule has 0 aromatic rings. The Kier molecular flexibility index (Phi) is 5.40. The summed E-state index contributed by atoms with van der Waals surface area (Å²) < 4.78 is 0. The van der Waals surface area contributed by atoms with Crippen molar-refractivity contribution < 1.29 is 9.90 Å². The Morgan fingerprint density at radius 3 is 2.59 bits per heavy atom. The van der Waals surface area contributed by atoms with Gasteiger partial charge in [0.2, 0.25) is 5.91 Å². The molecule has 0 spiro atoms. The quantitative estimate of drug-likeness (QED) is 0.625. The van der Waals surface area contributed by atoms with Gasteiger partial charge in [-0.3, -0.25) is 4.79 Å². The highest BCUT2D eigenvalue weighted by atomic mass is 16.3. The number of aliphatic hydroxyl groups is 1. The molecular weight excluding hydrogens is 216 g/mol. The zero-order valence-electron chi connectivity index (χ0n) is 11.3. The van der Waals surface area contributed by atoms with E-state index >= 15 is 0 Å². The van der Waals surface area contributed by atoms with Gasteiger partial charge in [0.25, 0.3) is 0 Å². The summed E-state index contributed by atoms with van der Waals surface area (Å²) in [6.45, 7) is 7.35. The molecular formula is C13H26N2O2. The Labute approximate surface area is 104 Å². The zero-order chi connectivity index (χ0) is 12.9. The van der Waals surface area contributed by atoms with E-state index in [4.69, 9.17) is 0 Å². The number of hydrogen-bond acceptors (Lipinski definition) is 3. The summed E-state index contributed by atoms with van der Waals surface area (Å²) in [5.41, 5.74) is 0.0949. The molecule has 1 fully saturated rings. The first-order chi connectivity index (χ1) is 7.87. The predicted octanol–water partition coefficient (Wildman–Crippen LogP) is 1.04. The van der Waals surface area contributed by atoms with E-state index in [2.05, 4.69) is 31.4 Å². The van der Waals surface area contributed by atoms with Gasteiger partial charge >= 0.3 is 0 Å². The number of amides is 1. The molecule has 0 aromatic carbocycles. The van der Waals surface area contributed by atoms with Crippen molar-refractivity contribution in [3.63, 3.8) is 0 Å². The Hall–Kier alpha value is -0.610. The van der Waals surface area contributed by atoms with Crippen LogP contribution in [0.2, 0.25) is 0 Å². The van der Waals surface area contributed by atoms with Gasteiger partial charge in [-0.15, -0.1) is 0 Å². The summed E-state index contributed by atoms with van der Waals surface area (Å²) in [4.78, 5) is 11.5. The predicted molar refractivity (Wildman–Crippen MR) is 68.7 cm³/mol. The summed E-state index contributed by atoms with van der Waals surface area (Å²) in [6, 6.07) is 0.647. The van der Waals surface area contributed by atoms with E-state index in [1.54, 1.807) is 0 Å². The van der Waals surface area contributed by atoms with Gasteiger partial charge in [0.1, 0.15) is 0 Å². The molecule has 100 valence electrons. The maximum atomic E-state index is 11.5. The molecule has 0 bridgehead atoms. The average molecular weight is 242 g/mol. The lowest BCUT2D eigenvalue weighted by molar-refractivity contribution is -0.121. The van der Waals surface area contributed by atoms with Crippen LogP contribution in [0, 0.1) is 5.41 Å². The molecule has 1 aliphatic carbocycles. The van der Waals surface area contributed by atoms with Gasteiger partial charge in [0, 0.05) is 25.6 Å². The molecule has 0 aliphatic heterocycles. The van der Waals surface area contributed by atoms with Crippen molar-refractivity contribution >= 4 is 5.91 Å². The first-order valence-electron chi connectivity index (χ1n) is 6.55. The summed E-state index contributed by atoms with van der Waals surface area (Å²) in [7, 11) is 0. The van der Waals surface area contributed by atoms with Crippen molar-refractivity contribution in [2.24, 2.45) is 5.41 Å². The molecule has 1 saturated carbocycles. The van der Waals surface area contributed by atoms with Gasteiger partial charge in [-0.05, 0) is 24.7 Å². The summed E-state index contributed by atoms with van der Waals surface area (Å²) in [6.07, 6.45) is 3.24. The Morgan fingerprint density at radius 2 is 2.06 bits per heavy atom. The third kappa shape index (κ3) is 8.16. The van der Waals surface area contributed by atoms with Crippen LogP contribution >= 0.6 is 0 Å². The van der Waals surface area contributed by atoms with Gasteiger partial charge in [-0.25, -0.2) is 0 Å². The second-order valence-corrected chi connectivity index (χ2v) is 6.20. The summed E-state index contributed by atoms with van der Waals surface area (Å²) in [5.74, 6) is 0.0195. The van der Waals surface area contributed by atoms with Gasteiger partial charge in [0.15, 0.2) is 0 Å². The van der Waals surface area contributed by atoms with Crippen LogP contribution in [0.25, 0.3) is 0 Å². The molecule has 0 radical (unpaired) electrons. The minimum atomic E-state index is -0.449. The third-order valence-electron chi connectivity index (χ3n) is 2.75. The topological polar surface area (TPSA) is 61.4 Å². The summed E-state index contributed by atoms with van der Waals surface area (Å²) >= 11 is 0. The highest BCUT2D eigenvalue weighted by Gasteiger charge is 2.20. The molecule has 4 nitrogen and oxygen atoms in total. The molecule has 0 heterocycles. The van der Waals surface area contributed by atoms with Gasteiger partial charge in [-0.1, -0.05) is 20.8 Å². The Bertz CT molecular complexity index is 244. The van der Waals surface area contributed by atoms with Crippen LogP contribution < -0.4 is 10.6 Å². The van der Waals surface area contributed by atoms with Crippen LogP contribution in [0.3, 0.4) is 0 Å². The van der Waals surface area contributed by atoms with Gasteiger partial charge in [0.05, 0.1) is 6.10 Å². The second kappa shape index (κ2) is 6.36. The van der Waals surface area contributed by atoms with Gasteiger partial charge in [-0.2, -0.15) is 0 Å². The Balaban J connectivity index is 2.01. The smallest absolute Gasteiger partial charge is 0.221 e. The monoisotopic (exact) mass is 242 g/mol. The van der Waals surface area contributed by atoms with E-state index in [1.165, 1.54) is 12.8 Å². The average Bonchev–Trinajstić information content (AvgIpc) is 2.96. The molecule has 1 atom stereocenters. The van der Waals surface area contributed by atoms with Crippen molar-refractivity contribution in [1.82, 2.24) is 10.6 Å². The Morgan fingerprint density at radius 1 is 1.41 bits per heavy atom. The van der Waals surface area contributed by atoms with Crippen LogP contribution in [0.5, 0.6) is 0 Å². The third-order valence-corrected chi connectivity index (χ3v) is 2.75. The molecule has 3 N–H and O–H groups in total.